The molecule has 5 nitrogen and oxygen atoms in total. The SMILES string of the molecule is Clc1cc(Sc2n[nH]c(Cc3cccs3)n2)nc(C2CC2)n1. The molecule has 0 aromatic carbocycles. The van der Waals surface area contributed by atoms with Crippen molar-refractivity contribution >= 4 is 34.7 Å². The highest BCUT2D eigenvalue weighted by Crippen LogP contribution is 2.39. The summed E-state index contributed by atoms with van der Waals surface area (Å²) in [4.78, 5) is 14.6. The Morgan fingerprint density at radius 2 is 2.23 bits per heavy atom. The van der Waals surface area contributed by atoms with Gasteiger partial charge in [0.2, 0.25) is 5.16 Å². The maximum absolute atomic E-state index is 6.08. The summed E-state index contributed by atoms with van der Waals surface area (Å²) in [6, 6.07) is 5.88. The third-order valence-corrected chi connectivity index (χ3v) is 5.11. The molecule has 3 aromatic rings. The Kier molecular flexibility index (Phi) is 3.85. The largest absolute Gasteiger partial charge is 0.262 e. The van der Waals surface area contributed by atoms with Crippen molar-refractivity contribution in [3.8, 4) is 0 Å². The van der Waals surface area contributed by atoms with Crippen LogP contribution in [0.15, 0.2) is 33.8 Å². The lowest BCUT2D eigenvalue weighted by atomic mass is 10.3. The number of aromatic amines is 1. The first kappa shape index (κ1) is 14.2. The summed E-state index contributed by atoms with van der Waals surface area (Å²) in [5.74, 6) is 2.16. The second-order valence-corrected chi connectivity index (χ2v) is 7.49. The molecule has 0 spiro atoms. The Morgan fingerprint density at radius 1 is 1.32 bits per heavy atom. The van der Waals surface area contributed by atoms with E-state index in [1.165, 1.54) is 16.6 Å². The van der Waals surface area contributed by atoms with Gasteiger partial charge in [0.1, 0.15) is 21.8 Å². The normalized spacial score (nSPS) is 14.4. The summed E-state index contributed by atoms with van der Waals surface area (Å²) in [6.07, 6.45) is 3.06. The second kappa shape index (κ2) is 5.98. The molecule has 22 heavy (non-hydrogen) atoms. The molecule has 0 aliphatic heterocycles. The molecule has 4 rings (SSSR count). The number of halogens is 1. The number of rotatable bonds is 5. The number of thiophene rings is 1. The molecule has 1 fully saturated rings. The first-order valence-corrected chi connectivity index (χ1v) is 8.99. The van der Waals surface area contributed by atoms with E-state index in [1.54, 1.807) is 17.4 Å². The van der Waals surface area contributed by atoms with Crippen LogP contribution in [0.2, 0.25) is 5.15 Å². The molecule has 3 aromatic heterocycles. The van der Waals surface area contributed by atoms with Crippen molar-refractivity contribution in [2.24, 2.45) is 0 Å². The van der Waals surface area contributed by atoms with Crippen LogP contribution in [0, 0.1) is 0 Å². The van der Waals surface area contributed by atoms with Crippen molar-refractivity contribution < 1.29 is 0 Å². The molecule has 0 saturated heterocycles. The lowest BCUT2D eigenvalue weighted by Gasteiger charge is -2.01. The number of nitrogens with zero attached hydrogens (tertiary/aromatic N) is 4. The molecule has 1 N–H and O–H groups in total. The molecule has 112 valence electrons. The molecule has 0 bridgehead atoms. The first-order chi connectivity index (χ1) is 10.8. The van der Waals surface area contributed by atoms with Gasteiger partial charge >= 0.3 is 0 Å². The van der Waals surface area contributed by atoms with Crippen LogP contribution in [0.1, 0.15) is 35.3 Å². The average Bonchev–Trinajstić information content (AvgIpc) is 3.06. The summed E-state index contributed by atoms with van der Waals surface area (Å²) >= 11 is 9.20. The fraction of sp³-hybridized carbons (Fsp3) is 0.286. The third kappa shape index (κ3) is 3.31. The molecular weight excluding hydrogens is 338 g/mol. The number of aromatic nitrogens is 5. The van der Waals surface area contributed by atoms with Crippen LogP contribution in [0.25, 0.3) is 0 Å². The highest BCUT2D eigenvalue weighted by Gasteiger charge is 2.27. The molecule has 3 heterocycles. The molecule has 0 unspecified atom stereocenters. The van der Waals surface area contributed by atoms with E-state index in [2.05, 4.69) is 36.6 Å². The monoisotopic (exact) mass is 349 g/mol. The van der Waals surface area contributed by atoms with E-state index in [-0.39, 0.29) is 0 Å². The second-order valence-electron chi connectivity index (χ2n) is 5.08. The number of hydrogen-bond acceptors (Lipinski definition) is 6. The van der Waals surface area contributed by atoms with E-state index in [4.69, 9.17) is 11.6 Å². The van der Waals surface area contributed by atoms with Crippen molar-refractivity contribution in [2.75, 3.05) is 0 Å². The van der Waals surface area contributed by atoms with Crippen LogP contribution in [-0.4, -0.2) is 25.1 Å². The maximum Gasteiger partial charge on any atom is 0.214 e. The smallest absolute Gasteiger partial charge is 0.214 e. The first-order valence-electron chi connectivity index (χ1n) is 6.92. The van der Waals surface area contributed by atoms with Crippen molar-refractivity contribution in [1.29, 1.82) is 0 Å². The van der Waals surface area contributed by atoms with Gasteiger partial charge in [-0.3, -0.25) is 5.10 Å². The Hall–Kier alpha value is -1.44. The molecule has 0 amide bonds. The fourth-order valence-corrected chi connectivity index (χ4v) is 3.77. The lowest BCUT2D eigenvalue weighted by Crippen LogP contribution is -1.94. The Morgan fingerprint density at radius 3 is 3.00 bits per heavy atom. The highest BCUT2D eigenvalue weighted by molar-refractivity contribution is 7.99. The molecule has 0 atom stereocenters. The molecule has 1 saturated carbocycles. The quantitative estimate of drug-likeness (QED) is 0.707. The lowest BCUT2D eigenvalue weighted by molar-refractivity contribution is 0.874. The van der Waals surface area contributed by atoms with E-state index in [1.807, 2.05) is 6.07 Å². The molecule has 0 radical (unpaired) electrons. The van der Waals surface area contributed by atoms with Crippen molar-refractivity contribution in [1.82, 2.24) is 25.1 Å². The van der Waals surface area contributed by atoms with Gasteiger partial charge in [0, 0.05) is 23.3 Å². The van der Waals surface area contributed by atoms with Crippen molar-refractivity contribution in [3.05, 3.63) is 45.3 Å². The van der Waals surface area contributed by atoms with Crippen LogP contribution in [0.5, 0.6) is 0 Å². The fourth-order valence-electron chi connectivity index (χ4n) is 2.06. The summed E-state index contributed by atoms with van der Waals surface area (Å²) in [6.45, 7) is 0. The van der Waals surface area contributed by atoms with E-state index in [9.17, 15) is 0 Å². The molecule has 1 aliphatic rings. The predicted molar refractivity (Wildman–Crippen MR) is 86.6 cm³/mol. The zero-order chi connectivity index (χ0) is 14.9. The van der Waals surface area contributed by atoms with Gasteiger partial charge in [-0.1, -0.05) is 17.7 Å². The Bertz CT molecular complexity index is 782. The maximum atomic E-state index is 6.08. The molecule has 8 heteroatoms. The van der Waals surface area contributed by atoms with E-state index in [0.29, 0.717) is 16.2 Å². The predicted octanol–water partition coefficient (Wildman–Crippen LogP) is 3.93. The third-order valence-electron chi connectivity index (χ3n) is 3.26. The van der Waals surface area contributed by atoms with E-state index >= 15 is 0 Å². The van der Waals surface area contributed by atoms with Gasteiger partial charge in [-0.25, -0.2) is 15.0 Å². The van der Waals surface area contributed by atoms with Crippen LogP contribution < -0.4 is 0 Å². The van der Waals surface area contributed by atoms with Gasteiger partial charge in [-0.2, -0.15) is 0 Å². The van der Waals surface area contributed by atoms with Crippen LogP contribution >= 0.6 is 34.7 Å². The average molecular weight is 350 g/mol. The minimum absolute atomic E-state index is 0.472. The van der Waals surface area contributed by atoms with Crippen molar-refractivity contribution in [2.45, 2.75) is 35.4 Å². The van der Waals surface area contributed by atoms with Crippen LogP contribution in [0.4, 0.5) is 0 Å². The highest BCUT2D eigenvalue weighted by atomic mass is 35.5. The number of H-pyrrole nitrogens is 1. The van der Waals surface area contributed by atoms with E-state index in [0.717, 1.165) is 35.9 Å². The standard InChI is InChI=1S/C14H12ClN5S2/c15-10-7-12(18-13(16-10)8-3-4-8)22-14-17-11(19-20-14)6-9-2-1-5-21-9/h1-2,5,7-8H,3-4,6H2,(H,17,19,20). The van der Waals surface area contributed by atoms with Crippen LogP contribution in [-0.2, 0) is 6.42 Å². The van der Waals surface area contributed by atoms with Gasteiger partial charge in [-0.15, -0.1) is 16.4 Å². The van der Waals surface area contributed by atoms with E-state index < -0.39 is 0 Å². The van der Waals surface area contributed by atoms with Gasteiger partial charge in [0.25, 0.3) is 0 Å². The zero-order valence-electron chi connectivity index (χ0n) is 11.5. The number of nitrogens with one attached hydrogen (secondary N) is 1. The summed E-state index contributed by atoms with van der Waals surface area (Å²) in [5, 5.41) is 11.2. The number of hydrogen-bond donors (Lipinski definition) is 1. The van der Waals surface area contributed by atoms with Crippen molar-refractivity contribution in [3.63, 3.8) is 0 Å². The summed E-state index contributed by atoms with van der Waals surface area (Å²) in [5.41, 5.74) is 0. The van der Waals surface area contributed by atoms with Gasteiger partial charge in [0.15, 0.2) is 0 Å². The Labute approximate surface area is 140 Å². The van der Waals surface area contributed by atoms with Gasteiger partial charge in [-0.05, 0) is 36.0 Å². The van der Waals surface area contributed by atoms with Crippen LogP contribution in [0.3, 0.4) is 0 Å². The summed E-state index contributed by atoms with van der Waals surface area (Å²) < 4.78 is 0. The topological polar surface area (TPSA) is 67.3 Å². The minimum Gasteiger partial charge on any atom is -0.262 e. The van der Waals surface area contributed by atoms with Gasteiger partial charge in [0.05, 0.1) is 0 Å². The Balaban J connectivity index is 1.50. The molecular formula is C14H12ClN5S2. The van der Waals surface area contributed by atoms with Gasteiger partial charge < -0.3 is 0 Å². The summed E-state index contributed by atoms with van der Waals surface area (Å²) in [7, 11) is 0. The minimum atomic E-state index is 0.472. The molecule has 1 aliphatic carbocycles. The zero-order valence-corrected chi connectivity index (χ0v) is 13.9.